The van der Waals surface area contributed by atoms with Crippen LogP contribution in [0.15, 0.2) is 97.1 Å². The summed E-state index contributed by atoms with van der Waals surface area (Å²) < 4.78 is 7.75. The third kappa shape index (κ3) is 6.82. The smallest absolute Gasteiger partial charge is 0.319 e. The second kappa shape index (κ2) is 12.5. The molecule has 9 nitrogen and oxygen atoms in total. The number of hydrogen-bond donors (Lipinski definition) is 3. The number of nitrogens with one attached hydrogen (secondary N) is 3. The molecule has 1 aliphatic heterocycles. The number of pyridine rings is 1. The van der Waals surface area contributed by atoms with E-state index in [-0.39, 0.29) is 6.03 Å². The van der Waals surface area contributed by atoms with Gasteiger partial charge < -0.3 is 20.7 Å². The van der Waals surface area contributed by atoms with Crippen LogP contribution in [0.1, 0.15) is 18.4 Å². The van der Waals surface area contributed by atoms with Crippen molar-refractivity contribution in [2.24, 2.45) is 0 Å². The zero-order chi connectivity index (χ0) is 27.9. The Kier molecular flexibility index (Phi) is 8.05. The normalized spacial score (nSPS) is 13.3. The van der Waals surface area contributed by atoms with Crippen molar-refractivity contribution in [3.63, 3.8) is 0 Å². The van der Waals surface area contributed by atoms with Gasteiger partial charge in [-0.2, -0.15) is 4.98 Å². The molecule has 1 aliphatic rings. The van der Waals surface area contributed by atoms with E-state index in [0.717, 1.165) is 46.1 Å². The van der Waals surface area contributed by atoms with Crippen molar-refractivity contribution in [3.8, 4) is 17.0 Å². The molecule has 0 unspecified atom stereocenters. The van der Waals surface area contributed by atoms with Gasteiger partial charge in [-0.3, -0.25) is 4.90 Å². The topological polar surface area (TPSA) is 95.8 Å². The minimum Gasteiger partial charge on any atom is -0.492 e. The van der Waals surface area contributed by atoms with Gasteiger partial charge in [-0.15, -0.1) is 5.10 Å². The molecule has 3 heterocycles. The van der Waals surface area contributed by atoms with E-state index >= 15 is 0 Å². The molecule has 0 radical (unpaired) electrons. The van der Waals surface area contributed by atoms with Crippen molar-refractivity contribution >= 4 is 29.0 Å². The fourth-order valence-electron chi connectivity index (χ4n) is 4.96. The Morgan fingerprint density at radius 3 is 2.49 bits per heavy atom. The lowest BCUT2D eigenvalue weighted by molar-refractivity contribution is 0.238. The minimum absolute atomic E-state index is 0.252. The molecule has 9 heteroatoms. The summed E-state index contributed by atoms with van der Waals surface area (Å²) in [6, 6.07) is 30.9. The lowest BCUT2D eigenvalue weighted by Crippen LogP contribution is -2.28. The maximum atomic E-state index is 12.3. The van der Waals surface area contributed by atoms with Crippen molar-refractivity contribution in [2.45, 2.75) is 19.4 Å². The highest BCUT2D eigenvalue weighted by molar-refractivity contribution is 5.89. The van der Waals surface area contributed by atoms with E-state index in [9.17, 15) is 4.79 Å². The van der Waals surface area contributed by atoms with Crippen molar-refractivity contribution in [3.05, 3.63) is 103 Å². The van der Waals surface area contributed by atoms with Gasteiger partial charge in [0.15, 0.2) is 5.65 Å². The Bertz CT molecular complexity index is 1600. The zero-order valence-electron chi connectivity index (χ0n) is 22.8. The number of amides is 2. The number of hydrogen-bond acceptors (Lipinski definition) is 6. The van der Waals surface area contributed by atoms with Crippen LogP contribution < -0.4 is 20.7 Å². The van der Waals surface area contributed by atoms with E-state index in [1.54, 1.807) is 0 Å². The first-order valence-electron chi connectivity index (χ1n) is 14.0. The quantitative estimate of drug-likeness (QED) is 0.200. The lowest BCUT2D eigenvalue weighted by atomic mass is 10.1. The number of aromatic nitrogens is 3. The summed E-state index contributed by atoms with van der Waals surface area (Å²) in [4.78, 5) is 19.4. The lowest BCUT2D eigenvalue weighted by Gasteiger charge is -2.15. The van der Waals surface area contributed by atoms with Gasteiger partial charge in [0.2, 0.25) is 5.95 Å². The Hall–Kier alpha value is -4.89. The number of rotatable bonds is 10. The van der Waals surface area contributed by atoms with Crippen LogP contribution in [0.5, 0.6) is 5.75 Å². The van der Waals surface area contributed by atoms with Crippen LogP contribution in [0.2, 0.25) is 0 Å². The van der Waals surface area contributed by atoms with Gasteiger partial charge in [-0.25, -0.2) is 9.31 Å². The van der Waals surface area contributed by atoms with Crippen molar-refractivity contribution in [2.75, 3.05) is 36.9 Å². The molecular weight excluding hydrogens is 514 g/mol. The Labute approximate surface area is 239 Å². The second-order valence-electron chi connectivity index (χ2n) is 10.0. The van der Waals surface area contributed by atoms with Crippen LogP contribution in [0.25, 0.3) is 16.9 Å². The maximum Gasteiger partial charge on any atom is 0.319 e. The SMILES string of the molecule is O=C(NCc1cccc(-c2cccc3nc(Nc4ccc(OCCN5CCCC5)cc4)nn23)c1)Nc1ccccc1. The average Bonchev–Trinajstić information content (AvgIpc) is 3.67. The van der Waals surface area contributed by atoms with Gasteiger partial charge in [0.05, 0.1) is 5.69 Å². The van der Waals surface area contributed by atoms with Gasteiger partial charge in [0.25, 0.3) is 0 Å². The fraction of sp³-hybridized carbons (Fsp3) is 0.219. The van der Waals surface area contributed by atoms with Crippen LogP contribution in [-0.4, -0.2) is 51.8 Å². The molecule has 3 aromatic carbocycles. The number of carbonyl (C=O) groups excluding carboxylic acids is 1. The third-order valence-corrected chi connectivity index (χ3v) is 7.05. The minimum atomic E-state index is -0.252. The first-order valence-corrected chi connectivity index (χ1v) is 14.0. The average molecular weight is 548 g/mol. The number of benzene rings is 3. The summed E-state index contributed by atoms with van der Waals surface area (Å²) in [6.45, 7) is 4.41. The number of carbonyl (C=O) groups is 1. The van der Waals surface area contributed by atoms with Crippen LogP contribution in [0, 0.1) is 0 Å². The summed E-state index contributed by atoms with van der Waals surface area (Å²) in [6.07, 6.45) is 2.58. The Morgan fingerprint density at radius 2 is 1.66 bits per heavy atom. The fourth-order valence-corrected chi connectivity index (χ4v) is 4.96. The predicted molar refractivity (Wildman–Crippen MR) is 162 cm³/mol. The number of fused-ring (bicyclic) bond motifs is 1. The highest BCUT2D eigenvalue weighted by Gasteiger charge is 2.12. The number of anilines is 3. The highest BCUT2D eigenvalue weighted by Crippen LogP contribution is 2.24. The molecule has 1 fully saturated rings. The molecule has 2 amide bonds. The predicted octanol–water partition coefficient (Wildman–Crippen LogP) is 5.94. The zero-order valence-corrected chi connectivity index (χ0v) is 22.8. The van der Waals surface area contributed by atoms with E-state index in [2.05, 4.69) is 31.9 Å². The van der Waals surface area contributed by atoms with Gasteiger partial charge in [0, 0.05) is 30.0 Å². The van der Waals surface area contributed by atoms with Gasteiger partial charge >= 0.3 is 6.03 Å². The molecule has 0 aliphatic carbocycles. The molecule has 208 valence electrons. The number of nitrogens with zero attached hydrogens (tertiary/aromatic N) is 4. The van der Waals surface area contributed by atoms with E-state index in [1.807, 2.05) is 95.5 Å². The summed E-state index contributed by atoms with van der Waals surface area (Å²) in [5.41, 5.74) is 5.22. The van der Waals surface area contributed by atoms with Crippen LogP contribution in [0.3, 0.4) is 0 Å². The van der Waals surface area contributed by atoms with Crippen molar-refractivity contribution in [1.82, 2.24) is 24.8 Å². The molecule has 0 saturated carbocycles. The van der Waals surface area contributed by atoms with Crippen LogP contribution >= 0.6 is 0 Å². The summed E-state index contributed by atoms with van der Waals surface area (Å²) in [5, 5.41) is 13.8. The van der Waals surface area contributed by atoms with Gasteiger partial charge in [-0.1, -0.05) is 42.5 Å². The molecule has 2 aromatic heterocycles. The molecule has 5 aromatic rings. The molecule has 6 rings (SSSR count). The molecule has 1 saturated heterocycles. The first kappa shape index (κ1) is 26.3. The standard InChI is InChI=1S/C32H33N7O2/c40-32(35-26-10-2-1-3-11-26)33-23-24-8-6-9-25(22-24)29-12-7-13-30-36-31(37-39(29)30)34-27-14-16-28(17-15-27)41-21-20-38-18-4-5-19-38/h1-3,6-17,22H,4-5,18-21,23H2,(H,34,37)(H2,33,35,40). The molecular formula is C32H33N7O2. The largest absolute Gasteiger partial charge is 0.492 e. The van der Waals surface area contributed by atoms with Crippen molar-refractivity contribution in [1.29, 1.82) is 0 Å². The molecule has 0 bridgehead atoms. The van der Waals surface area contributed by atoms with E-state index in [4.69, 9.17) is 9.84 Å². The number of para-hydroxylation sites is 1. The van der Waals surface area contributed by atoms with Crippen molar-refractivity contribution < 1.29 is 9.53 Å². The van der Waals surface area contributed by atoms with Crippen LogP contribution in [0.4, 0.5) is 22.1 Å². The van der Waals surface area contributed by atoms with Crippen LogP contribution in [-0.2, 0) is 6.54 Å². The third-order valence-electron chi connectivity index (χ3n) is 7.05. The monoisotopic (exact) mass is 547 g/mol. The van der Waals surface area contributed by atoms with E-state index in [0.29, 0.717) is 19.1 Å². The number of ether oxygens (including phenoxy) is 1. The van der Waals surface area contributed by atoms with E-state index in [1.165, 1.54) is 25.9 Å². The Morgan fingerprint density at radius 1 is 0.854 bits per heavy atom. The Balaban J connectivity index is 1.09. The summed E-state index contributed by atoms with van der Waals surface area (Å²) in [5.74, 6) is 1.36. The van der Waals surface area contributed by atoms with E-state index < -0.39 is 0 Å². The molecule has 0 spiro atoms. The second-order valence-corrected chi connectivity index (χ2v) is 10.0. The molecule has 3 N–H and O–H groups in total. The number of likely N-dealkylation sites (tertiary alicyclic amines) is 1. The summed E-state index contributed by atoms with van der Waals surface area (Å²) in [7, 11) is 0. The molecule has 0 atom stereocenters. The van der Waals surface area contributed by atoms with Gasteiger partial charge in [0.1, 0.15) is 12.4 Å². The summed E-state index contributed by atoms with van der Waals surface area (Å²) >= 11 is 0. The first-order chi connectivity index (χ1) is 20.2. The number of urea groups is 1. The molecule has 41 heavy (non-hydrogen) atoms. The maximum absolute atomic E-state index is 12.3. The van der Waals surface area contributed by atoms with Gasteiger partial charge in [-0.05, 0) is 86.1 Å². The highest BCUT2D eigenvalue weighted by atomic mass is 16.5.